The first kappa shape index (κ1) is 18.2. The quantitative estimate of drug-likeness (QED) is 0.606. The number of hydrogen-bond acceptors (Lipinski definition) is 6. The van der Waals surface area contributed by atoms with Gasteiger partial charge in [-0.15, -0.1) is 0 Å². The first-order chi connectivity index (χ1) is 12.4. The molecule has 0 saturated heterocycles. The Bertz CT molecular complexity index is 798. The lowest BCUT2D eigenvalue weighted by Gasteiger charge is -2.04. The van der Waals surface area contributed by atoms with Crippen LogP contribution in [0.5, 0.6) is 5.75 Å². The molecule has 26 heavy (non-hydrogen) atoms. The van der Waals surface area contributed by atoms with Gasteiger partial charge in [-0.25, -0.2) is 15.0 Å². The van der Waals surface area contributed by atoms with Gasteiger partial charge in [-0.1, -0.05) is 27.7 Å². The summed E-state index contributed by atoms with van der Waals surface area (Å²) in [6.45, 7) is 8.59. The first-order valence-corrected chi connectivity index (χ1v) is 8.90. The Kier molecular flexibility index (Phi) is 5.40. The molecule has 3 aromatic heterocycles. The van der Waals surface area contributed by atoms with Crippen LogP contribution in [0.1, 0.15) is 39.1 Å². The second kappa shape index (κ2) is 7.72. The maximum Gasteiger partial charge on any atom is 0.245 e. The van der Waals surface area contributed by atoms with E-state index in [2.05, 4.69) is 42.6 Å². The van der Waals surface area contributed by atoms with Crippen molar-refractivity contribution in [2.45, 2.75) is 40.5 Å². The highest BCUT2D eigenvalue weighted by Crippen LogP contribution is 2.28. The van der Waals surface area contributed by atoms with Crippen LogP contribution in [-0.4, -0.2) is 22.1 Å². The molecule has 0 aliphatic heterocycles. The largest absolute Gasteiger partial charge is 0.497 e. The lowest BCUT2D eigenvalue weighted by Crippen LogP contribution is -1.96. The normalized spacial score (nSPS) is 11.5. The molecule has 3 aromatic rings. The molecule has 0 amide bonds. The Balaban J connectivity index is 1.94. The Hall–Kier alpha value is -2.63. The van der Waals surface area contributed by atoms with E-state index in [1.807, 2.05) is 0 Å². The highest BCUT2D eigenvalue weighted by atomic mass is 16.5. The monoisotopic (exact) mass is 355 g/mol. The SMILES string of the molecule is COc1cc(-c2nc(CC(C)C)co2)nc(-c2nc(CC(C)C)co2)c1. The van der Waals surface area contributed by atoms with Crippen LogP contribution in [0.25, 0.3) is 23.2 Å². The molecule has 0 unspecified atom stereocenters. The third-order valence-electron chi connectivity index (χ3n) is 3.81. The van der Waals surface area contributed by atoms with Crippen LogP contribution in [0.4, 0.5) is 0 Å². The van der Waals surface area contributed by atoms with Gasteiger partial charge in [0.15, 0.2) is 0 Å². The van der Waals surface area contributed by atoms with E-state index in [1.54, 1.807) is 31.8 Å². The minimum atomic E-state index is 0.467. The van der Waals surface area contributed by atoms with E-state index < -0.39 is 0 Å². The minimum Gasteiger partial charge on any atom is -0.497 e. The van der Waals surface area contributed by atoms with Crippen molar-refractivity contribution in [1.29, 1.82) is 0 Å². The van der Waals surface area contributed by atoms with Crippen molar-refractivity contribution in [1.82, 2.24) is 15.0 Å². The standard InChI is InChI=1S/C20H25N3O3/c1-12(2)6-14-10-25-19(21-14)17-8-16(24-5)9-18(23-17)20-22-15(11-26-20)7-13(3)4/h8-13H,6-7H2,1-5H3. The van der Waals surface area contributed by atoms with Crippen molar-refractivity contribution < 1.29 is 13.6 Å². The summed E-state index contributed by atoms with van der Waals surface area (Å²) in [7, 11) is 1.61. The fourth-order valence-corrected chi connectivity index (χ4v) is 2.72. The second-order valence-electron chi connectivity index (χ2n) is 7.26. The van der Waals surface area contributed by atoms with Gasteiger partial charge >= 0.3 is 0 Å². The van der Waals surface area contributed by atoms with Crippen molar-refractivity contribution in [3.05, 3.63) is 36.0 Å². The number of oxazole rings is 2. The molecule has 0 bridgehead atoms. The zero-order valence-electron chi connectivity index (χ0n) is 15.9. The van der Waals surface area contributed by atoms with E-state index in [4.69, 9.17) is 13.6 Å². The Morgan fingerprint density at radius 1 is 0.808 bits per heavy atom. The van der Waals surface area contributed by atoms with Crippen LogP contribution in [0.3, 0.4) is 0 Å². The second-order valence-corrected chi connectivity index (χ2v) is 7.26. The lowest BCUT2D eigenvalue weighted by molar-refractivity contribution is 0.414. The van der Waals surface area contributed by atoms with Crippen LogP contribution in [0.2, 0.25) is 0 Å². The summed E-state index contributed by atoms with van der Waals surface area (Å²) in [5.74, 6) is 2.60. The van der Waals surface area contributed by atoms with Crippen LogP contribution in [0.15, 0.2) is 33.5 Å². The van der Waals surface area contributed by atoms with Crippen molar-refractivity contribution in [2.24, 2.45) is 11.8 Å². The van der Waals surface area contributed by atoms with E-state index in [-0.39, 0.29) is 0 Å². The van der Waals surface area contributed by atoms with Gasteiger partial charge in [0.05, 0.1) is 18.5 Å². The minimum absolute atomic E-state index is 0.467. The zero-order chi connectivity index (χ0) is 18.7. The first-order valence-electron chi connectivity index (χ1n) is 8.90. The van der Waals surface area contributed by atoms with Crippen molar-refractivity contribution >= 4 is 0 Å². The molecule has 6 nitrogen and oxygen atoms in total. The number of rotatable bonds is 7. The summed E-state index contributed by atoms with van der Waals surface area (Å²) in [4.78, 5) is 13.7. The zero-order valence-corrected chi connectivity index (χ0v) is 15.9. The third-order valence-corrected chi connectivity index (χ3v) is 3.81. The highest BCUT2D eigenvalue weighted by molar-refractivity contribution is 5.59. The van der Waals surface area contributed by atoms with Gasteiger partial charge in [-0.2, -0.15) is 0 Å². The van der Waals surface area contributed by atoms with E-state index in [0.29, 0.717) is 40.8 Å². The fraction of sp³-hybridized carbons (Fsp3) is 0.450. The summed E-state index contributed by atoms with van der Waals surface area (Å²) in [5.41, 5.74) is 3.02. The molecule has 0 spiro atoms. The van der Waals surface area contributed by atoms with Crippen LogP contribution in [0, 0.1) is 11.8 Å². The average Bonchev–Trinajstić information content (AvgIpc) is 3.23. The van der Waals surface area contributed by atoms with Gasteiger partial charge in [0.1, 0.15) is 29.7 Å². The van der Waals surface area contributed by atoms with Crippen LogP contribution < -0.4 is 4.74 Å². The lowest BCUT2D eigenvalue weighted by atomic mass is 10.1. The van der Waals surface area contributed by atoms with E-state index in [0.717, 1.165) is 24.2 Å². The van der Waals surface area contributed by atoms with Crippen LogP contribution >= 0.6 is 0 Å². The van der Waals surface area contributed by atoms with E-state index in [1.165, 1.54) is 0 Å². The highest BCUT2D eigenvalue weighted by Gasteiger charge is 2.16. The number of hydrogen-bond donors (Lipinski definition) is 0. The molecule has 0 radical (unpaired) electrons. The van der Waals surface area contributed by atoms with Crippen molar-refractivity contribution in [3.8, 4) is 28.9 Å². The van der Waals surface area contributed by atoms with E-state index in [9.17, 15) is 0 Å². The molecule has 0 aromatic carbocycles. The molecule has 3 rings (SSSR count). The maximum atomic E-state index is 5.62. The van der Waals surface area contributed by atoms with Gasteiger partial charge in [0, 0.05) is 12.1 Å². The predicted molar refractivity (Wildman–Crippen MR) is 98.9 cm³/mol. The Morgan fingerprint density at radius 2 is 1.27 bits per heavy atom. The van der Waals surface area contributed by atoms with Crippen molar-refractivity contribution in [2.75, 3.05) is 7.11 Å². The van der Waals surface area contributed by atoms with Crippen LogP contribution in [-0.2, 0) is 12.8 Å². The predicted octanol–water partition coefficient (Wildman–Crippen LogP) is 4.80. The number of methoxy groups -OCH3 is 1. The van der Waals surface area contributed by atoms with Gasteiger partial charge in [0.2, 0.25) is 11.8 Å². The van der Waals surface area contributed by atoms with Crippen molar-refractivity contribution in [3.63, 3.8) is 0 Å². The van der Waals surface area contributed by atoms with Gasteiger partial charge < -0.3 is 13.6 Å². The summed E-state index contributed by atoms with van der Waals surface area (Å²) < 4.78 is 16.6. The summed E-state index contributed by atoms with van der Waals surface area (Å²) in [6, 6.07) is 3.60. The summed E-state index contributed by atoms with van der Waals surface area (Å²) in [5, 5.41) is 0. The molecule has 138 valence electrons. The van der Waals surface area contributed by atoms with Gasteiger partial charge in [-0.05, 0) is 24.7 Å². The molecule has 0 aliphatic carbocycles. The fourth-order valence-electron chi connectivity index (χ4n) is 2.72. The molecule has 0 N–H and O–H groups in total. The van der Waals surface area contributed by atoms with Gasteiger partial charge in [0.25, 0.3) is 0 Å². The molecule has 0 aliphatic rings. The van der Waals surface area contributed by atoms with E-state index >= 15 is 0 Å². The Morgan fingerprint density at radius 3 is 1.65 bits per heavy atom. The molecular weight excluding hydrogens is 330 g/mol. The smallest absolute Gasteiger partial charge is 0.245 e. The summed E-state index contributed by atoms with van der Waals surface area (Å²) in [6.07, 6.45) is 5.08. The molecule has 3 heterocycles. The number of aromatic nitrogens is 3. The van der Waals surface area contributed by atoms with Gasteiger partial charge in [-0.3, -0.25) is 0 Å². The Labute approximate surface area is 153 Å². The molecule has 6 heteroatoms. The number of nitrogens with zero attached hydrogens (tertiary/aromatic N) is 3. The topological polar surface area (TPSA) is 74.2 Å². The molecular formula is C20H25N3O3. The summed E-state index contributed by atoms with van der Waals surface area (Å²) >= 11 is 0. The molecule has 0 atom stereocenters. The number of pyridine rings is 1. The third kappa shape index (κ3) is 4.31. The average molecular weight is 355 g/mol. The molecule has 0 fully saturated rings. The molecule has 0 saturated carbocycles. The maximum absolute atomic E-state index is 5.62. The number of ether oxygens (including phenoxy) is 1.